The van der Waals surface area contributed by atoms with Crippen molar-refractivity contribution in [3.8, 4) is 17.5 Å². The number of alkyl halides is 1. The zero-order valence-electron chi connectivity index (χ0n) is 11.8. The molecule has 0 saturated carbocycles. The Kier molecular flexibility index (Phi) is 3.78. The molecular formula is C13H16FN5O2. The highest BCUT2D eigenvalue weighted by Gasteiger charge is 2.34. The molecule has 0 radical (unpaired) electrons. The molecule has 0 bridgehead atoms. The van der Waals surface area contributed by atoms with Gasteiger partial charge in [0.15, 0.2) is 0 Å². The summed E-state index contributed by atoms with van der Waals surface area (Å²) >= 11 is 0. The average Bonchev–Trinajstić information content (AvgIpc) is 3.08. The highest BCUT2D eigenvalue weighted by atomic mass is 19.1. The van der Waals surface area contributed by atoms with Crippen LogP contribution in [-0.2, 0) is 0 Å². The smallest absolute Gasteiger partial charge is 0.224 e. The van der Waals surface area contributed by atoms with Crippen LogP contribution < -0.4 is 4.74 Å². The maximum atomic E-state index is 13.4. The van der Waals surface area contributed by atoms with Gasteiger partial charge in [-0.1, -0.05) is 0 Å². The molecular weight excluding hydrogens is 277 g/mol. The molecule has 1 saturated heterocycles. The second-order valence-electron chi connectivity index (χ2n) is 5.16. The summed E-state index contributed by atoms with van der Waals surface area (Å²) in [5.74, 6) is 1.14. The first kappa shape index (κ1) is 13.9. The van der Waals surface area contributed by atoms with Crippen LogP contribution in [0.2, 0.25) is 0 Å². The lowest BCUT2D eigenvalue weighted by molar-refractivity contribution is 0.117. The highest BCUT2D eigenvalue weighted by molar-refractivity contribution is 5.44. The minimum Gasteiger partial charge on any atom is -0.473 e. The van der Waals surface area contributed by atoms with Crippen molar-refractivity contribution >= 4 is 0 Å². The Labute approximate surface area is 121 Å². The third-order valence-corrected chi connectivity index (χ3v) is 3.61. The van der Waals surface area contributed by atoms with E-state index in [0.29, 0.717) is 30.4 Å². The maximum Gasteiger partial charge on any atom is 0.224 e. The SMILES string of the molecule is C[C@H](Oc1ccnc(-c2cnno2)n1)[C@@H]1C[C@@H](F)CN1C. The minimum atomic E-state index is -0.799. The molecule has 1 aliphatic heterocycles. The first-order chi connectivity index (χ1) is 10.1. The van der Waals surface area contributed by atoms with Gasteiger partial charge in [-0.15, -0.1) is 5.10 Å². The standard InChI is InChI=1S/C13H16FN5O2/c1-8(10-5-9(14)7-19(10)2)20-12-3-4-15-13(17-12)11-6-16-18-21-11/h3-4,6,8-10H,5,7H2,1-2H3/t8-,9+,10-/m0/s1. The van der Waals surface area contributed by atoms with Gasteiger partial charge in [0.1, 0.15) is 18.5 Å². The van der Waals surface area contributed by atoms with Crippen LogP contribution in [0.15, 0.2) is 23.0 Å². The predicted molar refractivity (Wildman–Crippen MR) is 71.3 cm³/mol. The molecule has 2 aromatic heterocycles. The van der Waals surface area contributed by atoms with Crippen molar-refractivity contribution in [2.24, 2.45) is 0 Å². The predicted octanol–water partition coefficient (Wildman–Crippen LogP) is 1.34. The Balaban J connectivity index is 1.72. The number of likely N-dealkylation sites (N-methyl/N-ethyl adjacent to an activating group) is 1. The van der Waals surface area contributed by atoms with Crippen molar-refractivity contribution in [3.05, 3.63) is 18.5 Å². The van der Waals surface area contributed by atoms with E-state index in [9.17, 15) is 4.39 Å². The van der Waals surface area contributed by atoms with Crippen molar-refractivity contribution in [2.75, 3.05) is 13.6 Å². The first-order valence-corrected chi connectivity index (χ1v) is 6.75. The zero-order chi connectivity index (χ0) is 14.8. The van der Waals surface area contributed by atoms with Gasteiger partial charge in [-0.25, -0.2) is 9.37 Å². The Hall–Kier alpha value is -2.09. The molecule has 21 heavy (non-hydrogen) atoms. The number of ether oxygens (including phenoxy) is 1. The number of hydrogen-bond acceptors (Lipinski definition) is 7. The third-order valence-electron chi connectivity index (χ3n) is 3.61. The van der Waals surface area contributed by atoms with Crippen molar-refractivity contribution < 1.29 is 13.7 Å². The lowest BCUT2D eigenvalue weighted by Gasteiger charge is -2.25. The van der Waals surface area contributed by atoms with Crippen molar-refractivity contribution in [1.29, 1.82) is 0 Å². The Morgan fingerprint density at radius 2 is 2.38 bits per heavy atom. The molecule has 3 rings (SSSR count). The zero-order valence-corrected chi connectivity index (χ0v) is 11.8. The number of hydrogen-bond donors (Lipinski definition) is 0. The van der Waals surface area contributed by atoms with Crippen LogP contribution >= 0.6 is 0 Å². The summed E-state index contributed by atoms with van der Waals surface area (Å²) in [6, 6.07) is 1.69. The molecule has 0 aliphatic carbocycles. The summed E-state index contributed by atoms with van der Waals surface area (Å²) in [5, 5.41) is 6.96. The third kappa shape index (κ3) is 2.99. The molecule has 0 spiro atoms. The fraction of sp³-hybridized carbons (Fsp3) is 0.538. The summed E-state index contributed by atoms with van der Waals surface area (Å²) in [6.45, 7) is 2.36. The van der Waals surface area contributed by atoms with Crippen LogP contribution in [0.5, 0.6) is 5.88 Å². The molecule has 3 atom stereocenters. The molecule has 2 aromatic rings. The summed E-state index contributed by atoms with van der Waals surface area (Å²) in [7, 11) is 1.90. The molecule has 0 unspecified atom stereocenters. The van der Waals surface area contributed by atoms with E-state index in [-0.39, 0.29) is 12.1 Å². The van der Waals surface area contributed by atoms with E-state index in [2.05, 4.69) is 20.3 Å². The van der Waals surface area contributed by atoms with Crippen molar-refractivity contribution in [3.63, 3.8) is 0 Å². The van der Waals surface area contributed by atoms with Crippen LogP contribution in [0.3, 0.4) is 0 Å². The topological polar surface area (TPSA) is 77.2 Å². The van der Waals surface area contributed by atoms with E-state index < -0.39 is 6.17 Å². The monoisotopic (exact) mass is 293 g/mol. The second-order valence-corrected chi connectivity index (χ2v) is 5.16. The van der Waals surface area contributed by atoms with Gasteiger partial charge in [0, 0.05) is 30.1 Å². The van der Waals surface area contributed by atoms with Crippen LogP contribution in [-0.4, -0.2) is 57.1 Å². The quantitative estimate of drug-likeness (QED) is 0.841. The van der Waals surface area contributed by atoms with Gasteiger partial charge in [0.25, 0.3) is 0 Å². The lowest BCUT2D eigenvalue weighted by atomic mass is 10.1. The van der Waals surface area contributed by atoms with E-state index in [0.717, 1.165) is 0 Å². The number of nitrogens with zero attached hydrogens (tertiary/aromatic N) is 5. The van der Waals surface area contributed by atoms with Crippen LogP contribution in [0.4, 0.5) is 4.39 Å². The van der Waals surface area contributed by atoms with Gasteiger partial charge < -0.3 is 9.26 Å². The van der Waals surface area contributed by atoms with Crippen LogP contribution in [0.25, 0.3) is 11.6 Å². The number of rotatable bonds is 4. The molecule has 1 aliphatic rings. The fourth-order valence-electron chi connectivity index (χ4n) is 2.58. The lowest BCUT2D eigenvalue weighted by Crippen LogP contribution is -2.38. The van der Waals surface area contributed by atoms with E-state index in [4.69, 9.17) is 9.26 Å². The Morgan fingerprint density at radius 1 is 1.52 bits per heavy atom. The molecule has 3 heterocycles. The van der Waals surface area contributed by atoms with Gasteiger partial charge in [-0.3, -0.25) is 4.90 Å². The van der Waals surface area contributed by atoms with Gasteiger partial charge >= 0.3 is 0 Å². The number of aromatic nitrogens is 4. The van der Waals surface area contributed by atoms with Crippen molar-refractivity contribution in [1.82, 2.24) is 25.2 Å². The number of halogens is 1. The van der Waals surface area contributed by atoms with Gasteiger partial charge in [-0.2, -0.15) is 4.98 Å². The van der Waals surface area contributed by atoms with Gasteiger partial charge in [0.05, 0.1) is 0 Å². The molecule has 8 heteroatoms. The van der Waals surface area contributed by atoms with Gasteiger partial charge in [0.2, 0.25) is 17.5 Å². The van der Waals surface area contributed by atoms with E-state index in [1.807, 2.05) is 18.9 Å². The maximum absolute atomic E-state index is 13.4. The molecule has 0 N–H and O–H groups in total. The highest BCUT2D eigenvalue weighted by Crippen LogP contribution is 2.24. The fourth-order valence-corrected chi connectivity index (χ4v) is 2.58. The summed E-state index contributed by atoms with van der Waals surface area (Å²) in [4.78, 5) is 10.3. The normalized spacial score (nSPS) is 24.1. The molecule has 112 valence electrons. The Bertz CT molecular complexity index is 594. The van der Waals surface area contributed by atoms with Crippen LogP contribution in [0.1, 0.15) is 13.3 Å². The molecule has 1 fully saturated rings. The molecule has 0 amide bonds. The summed E-state index contributed by atoms with van der Waals surface area (Å²) in [6.07, 6.45) is 2.50. The molecule has 7 nitrogen and oxygen atoms in total. The van der Waals surface area contributed by atoms with E-state index in [1.165, 1.54) is 6.20 Å². The van der Waals surface area contributed by atoms with E-state index in [1.54, 1.807) is 12.3 Å². The average molecular weight is 293 g/mol. The second kappa shape index (κ2) is 5.72. The summed E-state index contributed by atoms with van der Waals surface area (Å²) in [5.41, 5.74) is 0. The minimum absolute atomic E-state index is 0.0327. The summed E-state index contributed by atoms with van der Waals surface area (Å²) < 4.78 is 24.1. The van der Waals surface area contributed by atoms with Gasteiger partial charge in [-0.05, 0) is 20.4 Å². The molecule has 0 aromatic carbocycles. The Morgan fingerprint density at radius 3 is 3.05 bits per heavy atom. The number of likely N-dealkylation sites (tertiary alicyclic amines) is 1. The largest absolute Gasteiger partial charge is 0.473 e. The van der Waals surface area contributed by atoms with Crippen LogP contribution in [0, 0.1) is 0 Å². The first-order valence-electron chi connectivity index (χ1n) is 6.75. The van der Waals surface area contributed by atoms with E-state index >= 15 is 0 Å². The van der Waals surface area contributed by atoms with Crippen molar-refractivity contribution in [2.45, 2.75) is 31.7 Å².